The minimum Gasteiger partial charge on any atom is -0.550 e. The Morgan fingerprint density at radius 2 is 1.58 bits per heavy atom. The van der Waals surface area contributed by atoms with Crippen LogP contribution in [0, 0.1) is 11.8 Å². The molecular weight excluding hydrogens is 364 g/mol. The van der Waals surface area contributed by atoms with Crippen molar-refractivity contribution in [1.82, 2.24) is 5.32 Å². The maximum Gasteiger partial charge on any atom is 1.00 e. The van der Waals surface area contributed by atoms with Crippen molar-refractivity contribution >= 4 is 17.8 Å². The van der Waals surface area contributed by atoms with Crippen molar-refractivity contribution in [2.75, 3.05) is 0 Å². The number of hydrogen-bond donors (Lipinski definition) is 1. The standard InChI is InChI=1S/C16H25NO5.2K/c1-2-3-4-5-6-7-8-9-10-14(18)17-13(16(21)22)11-12-15(19)20;;/h13H,2-8,11-12H2,1H3,(H,17,18)(H,19,20)(H,21,22);;/q;2*+1/p-2/t13-;;/m0../s1. The monoisotopic (exact) mass is 387 g/mol. The van der Waals surface area contributed by atoms with E-state index in [1.54, 1.807) is 0 Å². The van der Waals surface area contributed by atoms with Crippen LogP contribution in [0.4, 0.5) is 0 Å². The average molecular weight is 388 g/mol. The molecule has 0 fully saturated rings. The minimum absolute atomic E-state index is 0. The summed E-state index contributed by atoms with van der Waals surface area (Å²) in [7, 11) is 0. The number of aliphatic carboxylic acids is 2. The number of carbonyl (C=O) groups excluding carboxylic acids is 3. The third-order valence-electron chi connectivity index (χ3n) is 3.08. The van der Waals surface area contributed by atoms with Gasteiger partial charge in [-0.25, -0.2) is 0 Å². The molecule has 1 N–H and O–H groups in total. The zero-order chi connectivity index (χ0) is 16.8. The van der Waals surface area contributed by atoms with Gasteiger partial charge in [0.15, 0.2) is 0 Å². The van der Waals surface area contributed by atoms with Gasteiger partial charge >= 0.3 is 103 Å². The molecule has 0 bridgehead atoms. The second-order valence-electron chi connectivity index (χ2n) is 5.08. The normalized spacial score (nSPS) is 10.2. The molecule has 0 aliphatic heterocycles. The number of carboxylic acid groups (broad SMARTS) is 2. The van der Waals surface area contributed by atoms with E-state index in [0.29, 0.717) is 6.42 Å². The third-order valence-corrected chi connectivity index (χ3v) is 3.08. The zero-order valence-electron chi connectivity index (χ0n) is 15.0. The SMILES string of the molecule is CCCCCCCCC#CC(=O)N[C@@H](CCC(=O)[O-])C(=O)[O-].[K+].[K+]. The third kappa shape index (κ3) is 19.6. The summed E-state index contributed by atoms with van der Waals surface area (Å²) in [6, 6.07) is -1.37. The first-order valence-corrected chi connectivity index (χ1v) is 7.67. The maximum absolute atomic E-state index is 11.4. The van der Waals surface area contributed by atoms with Gasteiger partial charge in [-0.1, -0.05) is 44.9 Å². The van der Waals surface area contributed by atoms with Gasteiger partial charge in [-0.2, -0.15) is 0 Å². The molecule has 0 unspecified atom stereocenters. The quantitative estimate of drug-likeness (QED) is 0.215. The van der Waals surface area contributed by atoms with E-state index in [0.717, 1.165) is 19.3 Å². The fraction of sp³-hybridized carbons (Fsp3) is 0.688. The largest absolute Gasteiger partial charge is 1.00 e. The molecule has 0 heterocycles. The number of unbranched alkanes of at least 4 members (excludes halogenated alkanes) is 6. The van der Waals surface area contributed by atoms with Gasteiger partial charge in [0.05, 0.1) is 12.0 Å². The second-order valence-corrected chi connectivity index (χ2v) is 5.08. The number of amides is 1. The number of hydrogen-bond acceptors (Lipinski definition) is 5. The fourth-order valence-electron chi connectivity index (χ4n) is 1.84. The fourth-order valence-corrected chi connectivity index (χ4v) is 1.84. The van der Waals surface area contributed by atoms with Crippen LogP contribution in [-0.4, -0.2) is 23.9 Å². The van der Waals surface area contributed by atoms with Gasteiger partial charge in [0.2, 0.25) is 0 Å². The van der Waals surface area contributed by atoms with Gasteiger partial charge in [-0.05, 0) is 25.2 Å². The van der Waals surface area contributed by atoms with E-state index in [2.05, 4.69) is 24.1 Å². The van der Waals surface area contributed by atoms with Crippen molar-refractivity contribution < 1.29 is 127 Å². The molecular formula is C16H23K2NO5. The molecule has 1 atom stereocenters. The Bertz CT molecular complexity index is 432. The summed E-state index contributed by atoms with van der Waals surface area (Å²) in [5.74, 6) is 1.33. The van der Waals surface area contributed by atoms with Crippen molar-refractivity contribution in [2.45, 2.75) is 70.8 Å². The van der Waals surface area contributed by atoms with E-state index < -0.39 is 30.3 Å². The average Bonchev–Trinajstić information content (AvgIpc) is 2.45. The summed E-state index contributed by atoms with van der Waals surface area (Å²) in [5, 5.41) is 23.2. The molecule has 124 valence electrons. The smallest absolute Gasteiger partial charge is 0.550 e. The number of nitrogens with one attached hydrogen (secondary N) is 1. The van der Waals surface area contributed by atoms with E-state index in [4.69, 9.17) is 0 Å². The summed E-state index contributed by atoms with van der Waals surface area (Å²) in [4.78, 5) is 32.5. The Morgan fingerprint density at radius 3 is 2.12 bits per heavy atom. The predicted molar refractivity (Wildman–Crippen MR) is 76.9 cm³/mol. The molecule has 0 aromatic carbocycles. The molecule has 1 amide bonds. The van der Waals surface area contributed by atoms with Gasteiger partial charge in [-0.3, -0.25) is 4.79 Å². The minimum atomic E-state index is -1.53. The number of carboxylic acids is 2. The predicted octanol–water partition coefficient (Wildman–Crippen LogP) is -6.49. The van der Waals surface area contributed by atoms with Crippen LogP contribution < -0.4 is 118 Å². The molecule has 0 aliphatic rings. The van der Waals surface area contributed by atoms with E-state index in [-0.39, 0.29) is 109 Å². The van der Waals surface area contributed by atoms with Crippen LogP contribution in [0.3, 0.4) is 0 Å². The summed E-state index contributed by atoms with van der Waals surface area (Å²) >= 11 is 0. The molecule has 6 nitrogen and oxygen atoms in total. The van der Waals surface area contributed by atoms with Crippen LogP contribution in [0.5, 0.6) is 0 Å². The Hall–Kier alpha value is 1.24. The first-order valence-electron chi connectivity index (χ1n) is 7.67. The molecule has 0 rings (SSSR count). The summed E-state index contributed by atoms with van der Waals surface area (Å²) in [6.07, 6.45) is 6.56. The maximum atomic E-state index is 11.4. The first-order chi connectivity index (χ1) is 10.5. The molecule has 0 aromatic heterocycles. The molecule has 0 aliphatic carbocycles. The molecule has 24 heavy (non-hydrogen) atoms. The van der Waals surface area contributed by atoms with Gasteiger partial charge in [0.1, 0.15) is 0 Å². The van der Waals surface area contributed by atoms with Crippen LogP contribution in [0.1, 0.15) is 64.7 Å². The second kappa shape index (κ2) is 20.6. The van der Waals surface area contributed by atoms with Crippen molar-refractivity contribution in [3.8, 4) is 11.8 Å². The van der Waals surface area contributed by atoms with Crippen molar-refractivity contribution in [1.29, 1.82) is 0 Å². The summed E-state index contributed by atoms with van der Waals surface area (Å²) in [6.45, 7) is 2.15. The van der Waals surface area contributed by atoms with Gasteiger partial charge in [0.25, 0.3) is 5.91 Å². The number of rotatable bonds is 11. The van der Waals surface area contributed by atoms with Crippen LogP contribution in [0.25, 0.3) is 0 Å². The van der Waals surface area contributed by atoms with Crippen molar-refractivity contribution in [2.24, 2.45) is 0 Å². The molecule has 0 radical (unpaired) electrons. The van der Waals surface area contributed by atoms with Gasteiger partial charge in [0, 0.05) is 12.4 Å². The Kier molecular flexibility index (Phi) is 25.7. The van der Waals surface area contributed by atoms with E-state index in [9.17, 15) is 24.6 Å². The van der Waals surface area contributed by atoms with Crippen molar-refractivity contribution in [3.05, 3.63) is 0 Å². The molecule has 0 spiro atoms. The van der Waals surface area contributed by atoms with E-state index >= 15 is 0 Å². The molecule has 0 aromatic rings. The zero-order valence-corrected chi connectivity index (χ0v) is 21.2. The van der Waals surface area contributed by atoms with E-state index in [1.165, 1.54) is 19.3 Å². The van der Waals surface area contributed by atoms with Gasteiger partial charge < -0.3 is 25.1 Å². The molecule has 0 saturated carbocycles. The molecule has 0 saturated heterocycles. The summed E-state index contributed by atoms with van der Waals surface area (Å²) in [5.41, 5.74) is 0. The van der Waals surface area contributed by atoms with E-state index in [1.807, 2.05) is 0 Å². The Morgan fingerprint density at radius 1 is 1.00 bits per heavy atom. The van der Waals surface area contributed by atoms with Crippen LogP contribution in [0.15, 0.2) is 0 Å². The topological polar surface area (TPSA) is 109 Å². The molecule has 8 heteroatoms. The van der Waals surface area contributed by atoms with Crippen LogP contribution in [-0.2, 0) is 14.4 Å². The number of carbonyl (C=O) groups is 3. The Labute approximate surface area is 229 Å². The van der Waals surface area contributed by atoms with Crippen LogP contribution in [0.2, 0.25) is 0 Å². The summed E-state index contributed by atoms with van der Waals surface area (Å²) < 4.78 is 0. The van der Waals surface area contributed by atoms with Gasteiger partial charge in [-0.15, -0.1) is 0 Å². The van der Waals surface area contributed by atoms with Crippen molar-refractivity contribution in [3.63, 3.8) is 0 Å². The van der Waals surface area contributed by atoms with Crippen LogP contribution >= 0.6 is 0 Å². The Balaban J connectivity index is -0.00000220. The first kappa shape index (κ1) is 30.0.